The van der Waals surface area contributed by atoms with Crippen LogP contribution in [0.2, 0.25) is 0 Å². The maximum absolute atomic E-state index is 12.2. The highest BCUT2D eigenvalue weighted by Crippen LogP contribution is 2.31. The van der Waals surface area contributed by atoms with Gasteiger partial charge in [-0.25, -0.2) is 14.8 Å². The second-order valence-electron chi connectivity index (χ2n) is 5.73. The molecule has 116 valence electrons. The van der Waals surface area contributed by atoms with Crippen LogP contribution >= 0.6 is 11.3 Å². The van der Waals surface area contributed by atoms with E-state index >= 15 is 0 Å². The number of benzene rings is 1. The van der Waals surface area contributed by atoms with E-state index in [2.05, 4.69) is 9.97 Å². The number of aromatic nitrogens is 2. The molecule has 1 aromatic carbocycles. The highest BCUT2D eigenvalue weighted by atomic mass is 32.1. The summed E-state index contributed by atoms with van der Waals surface area (Å²) >= 11 is 1.56. The number of aryl methyl sites for hydroxylation is 3. The van der Waals surface area contributed by atoms with E-state index in [1.807, 2.05) is 37.3 Å². The highest BCUT2D eigenvalue weighted by molar-refractivity contribution is 7.14. The molecule has 3 aromatic rings. The maximum Gasteiger partial charge on any atom is 0.348 e. The molecule has 23 heavy (non-hydrogen) atoms. The van der Waals surface area contributed by atoms with Crippen molar-refractivity contribution in [2.75, 3.05) is 0 Å². The Kier molecular flexibility index (Phi) is 3.58. The van der Waals surface area contributed by atoms with E-state index in [4.69, 9.17) is 4.74 Å². The summed E-state index contributed by atoms with van der Waals surface area (Å²) in [5, 5.41) is 0. The first-order chi connectivity index (χ1) is 11.2. The Bertz CT molecular complexity index is 880. The topological polar surface area (TPSA) is 52.1 Å². The fraction of sp³-hybridized carbons (Fsp3) is 0.278. The predicted molar refractivity (Wildman–Crippen MR) is 89.7 cm³/mol. The van der Waals surface area contributed by atoms with Gasteiger partial charge in [0.25, 0.3) is 0 Å². The summed E-state index contributed by atoms with van der Waals surface area (Å²) in [6.45, 7) is 2.05. The van der Waals surface area contributed by atoms with Gasteiger partial charge in [0.1, 0.15) is 11.5 Å². The Labute approximate surface area is 138 Å². The van der Waals surface area contributed by atoms with Gasteiger partial charge >= 0.3 is 5.97 Å². The minimum absolute atomic E-state index is 0.158. The Morgan fingerprint density at radius 3 is 2.78 bits per heavy atom. The van der Waals surface area contributed by atoms with Crippen LogP contribution < -0.4 is 0 Å². The van der Waals surface area contributed by atoms with Crippen LogP contribution in [0.15, 0.2) is 30.3 Å². The maximum atomic E-state index is 12.2. The van der Waals surface area contributed by atoms with E-state index < -0.39 is 0 Å². The number of thiophene rings is 1. The number of ether oxygens (including phenoxy) is 1. The molecule has 4 rings (SSSR count). The lowest BCUT2D eigenvalue weighted by atomic mass is 10.2. The number of para-hydroxylation sites is 2. The van der Waals surface area contributed by atoms with E-state index in [1.54, 1.807) is 11.3 Å². The SMILES string of the molecule is Cc1nc2ccccc2nc1COC(=O)c1cc2c(s1)CCC2. The molecule has 0 saturated heterocycles. The van der Waals surface area contributed by atoms with Gasteiger partial charge in [-0.05, 0) is 49.9 Å². The fourth-order valence-corrected chi connectivity index (χ4v) is 4.04. The average Bonchev–Trinajstić information content (AvgIpc) is 3.14. The van der Waals surface area contributed by atoms with Gasteiger partial charge in [0, 0.05) is 4.88 Å². The van der Waals surface area contributed by atoms with Crippen molar-refractivity contribution >= 4 is 28.3 Å². The molecule has 0 radical (unpaired) electrons. The first-order valence-corrected chi connectivity index (χ1v) is 8.53. The van der Waals surface area contributed by atoms with Crippen molar-refractivity contribution < 1.29 is 9.53 Å². The van der Waals surface area contributed by atoms with Crippen LogP contribution in [-0.2, 0) is 24.2 Å². The zero-order chi connectivity index (χ0) is 15.8. The van der Waals surface area contributed by atoms with Crippen molar-refractivity contribution in [3.05, 3.63) is 57.0 Å². The first-order valence-electron chi connectivity index (χ1n) is 7.71. The zero-order valence-corrected chi connectivity index (χ0v) is 13.7. The quantitative estimate of drug-likeness (QED) is 0.687. The van der Waals surface area contributed by atoms with Crippen LogP contribution in [0.1, 0.15) is 37.9 Å². The van der Waals surface area contributed by atoms with Crippen LogP contribution in [0.25, 0.3) is 11.0 Å². The molecular formula is C18H16N2O2S. The third kappa shape index (κ3) is 2.72. The Balaban J connectivity index is 1.51. The van der Waals surface area contributed by atoms with Crippen LogP contribution in [0, 0.1) is 6.92 Å². The summed E-state index contributed by atoms with van der Waals surface area (Å²) in [5.41, 5.74) is 4.49. The number of esters is 1. The molecule has 2 heterocycles. The van der Waals surface area contributed by atoms with Crippen molar-refractivity contribution in [2.45, 2.75) is 32.8 Å². The molecule has 1 aliphatic carbocycles. The zero-order valence-electron chi connectivity index (χ0n) is 12.8. The van der Waals surface area contributed by atoms with Gasteiger partial charge in [0.05, 0.1) is 22.4 Å². The highest BCUT2D eigenvalue weighted by Gasteiger charge is 2.19. The van der Waals surface area contributed by atoms with E-state index in [0.717, 1.165) is 29.6 Å². The van der Waals surface area contributed by atoms with Gasteiger partial charge in [-0.1, -0.05) is 12.1 Å². The minimum Gasteiger partial charge on any atom is -0.455 e. The predicted octanol–water partition coefficient (Wildman–Crippen LogP) is 3.85. The number of hydrogen-bond acceptors (Lipinski definition) is 5. The Hall–Kier alpha value is -2.27. The molecule has 0 amide bonds. The lowest BCUT2D eigenvalue weighted by Crippen LogP contribution is -2.07. The molecule has 0 saturated carbocycles. The molecule has 1 aliphatic rings. The van der Waals surface area contributed by atoms with Crippen LogP contribution in [0.5, 0.6) is 0 Å². The van der Waals surface area contributed by atoms with Crippen LogP contribution in [-0.4, -0.2) is 15.9 Å². The molecule has 0 atom stereocenters. The molecule has 0 bridgehead atoms. The number of carbonyl (C=O) groups excluding carboxylic acids is 1. The van der Waals surface area contributed by atoms with Crippen LogP contribution in [0.4, 0.5) is 0 Å². The Morgan fingerprint density at radius 1 is 1.22 bits per heavy atom. The standard InChI is InChI=1S/C18H16N2O2S/c1-11-15(20-14-7-3-2-6-13(14)19-11)10-22-18(21)17-9-12-5-4-8-16(12)23-17/h2-3,6-7,9H,4-5,8,10H2,1H3. The smallest absolute Gasteiger partial charge is 0.348 e. The summed E-state index contributed by atoms with van der Waals surface area (Å²) in [4.78, 5) is 23.3. The number of hydrogen-bond donors (Lipinski definition) is 0. The van der Waals surface area contributed by atoms with Gasteiger partial charge in [-0.2, -0.15) is 0 Å². The number of carbonyl (C=O) groups is 1. The van der Waals surface area contributed by atoms with Gasteiger partial charge in [0.2, 0.25) is 0 Å². The van der Waals surface area contributed by atoms with Crippen LogP contribution in [0.3, 0.4) is 0 Å². The molecule has 2 aromatic heterocycles. The third-order valence-electron chi connectivity index (χ3n) is 4.13. The van der Waals surface area contributed by atoms with Crippen molar-refractivity contribution in [3.63, 3.8) is 0 Å². The van der Waals surface area contributed by atoms with Gasteiger partial charge in [-0.3, -0.25) is 0 Å². The van der Waals surface area contributed by atoms with Crippen molar-refractivity contribution in [1.82, 2.24) is 9.97 Å². The van der Waals surface area contributed by atoms with Crippen molar-refractivity contribution in [1.29, 1.82) is 0 Å². The molecule has 0 fully saturated rings. The third-order valence-corrected chi connectivity index (χ3v) is 5.35. The van der Waals surface area contributed by atoms with E-state index in [-0.39, 0.29) is 12.6 Å². The van der Waals surface area contributed by atoms with Gasteiger partial charge in [-0.15, -0.1) is 11.3 Å². The molecule has 0 aliphatic heterocycles. The number of rotatable bonds is 3. The average molecular weight is 324 g/mol. The lowest BCUT2D eigenvalue weighted by molar-refractivity contribution is 0.0472. The first kappa shape index (κ1) is 14.3. The summed E-state index contributed by atoms with van der Waals surface area (Å²) in [7, 11) is 0. The van der Waals surface area contributed by atoms with Gasteiger partial charge in [0.15, 0.2) is 0 Å². The molecular weight excluding hydrogens is 308 g/mol. The number of nitrogens with zero attached hydrogens (tertiary/aromatic N) is 2. The van der Waals surface area contributed by atoms with Gasteiger partial charge < -0.3 is 4.74 Å². The fourth-order valence-electron chi connectivity index (χ4n) is 2.90. The second kappa shape index (κ2) is 5.74. The minimum atomic E-state index is -0.265. The lowest BCUT2D eigenvalue weighted by Gasteiger charge is -2.07. The van der Waals surface area contributed by atoms with E-state index in [1.165, 1.54) is 16.9 Å². The molecule has 0 spiro atoms. The van der Waals surface area contributed by atoms with Crippen molar-refractivity contribution in [2.24, 2.45) is 0 Å². The monoisotopic (exact) mass is 324 g/mol. The normalized spacial score (nSPS) is 13.3. The molecule has 0 N–H and O–H groups in total. The summed E-state index contributed by atoms with van der Waals surface area (Å²) < 4.78 is 5.45. The van der Waals surface area contributed by atoms with Crippen molar-refractivity contribution in [3.8, 4) is 0 Å². The molecule has 0 unspecified atom stereocenters. The van der Waals surface area contributed by atoms with E-state index in [0.29, 0.717) is 10.6 Å². The molecule has 5 heteroatoms. The summed E-state index contributed by atoms with van der Waals surface area (Å²) in [5.74, 6) is -0.265. The Morgan fingerprint density at radius 2 is 2.00 bits per heavy atom. The van der Waals surface area contributed by atoms with E-state index in [9.17, 15) is 4.79 Å². The second-order valence-corrected chi connectivity index (χ2v) is 6.87. The number of fused-ring (bicyclic) bond motifs is 2. The largest absolute Gasteiger partial charge is 0.455 e. The summed E-state index contributed by atoms with van der Waals surface area (Å²) in [6, 6.07) is 9.69. The molecule has 4 nitrogen and oxygen atoms in total. The summed E-state index contributed by atoms with van der Waals surface area (Å²) in [6.07, 6.45) is 3.36.